The smallest absolute Gasteiger partial charge is 0.262 e. The van der Waals surface area contributed by atoms with Gasteiger partial charge in [0, 0.05) is 16.8 Å². The van der Waals surface area contributed by atoms with E-state index in [-0.39, 0.29) is 20.8 Å². The first-order valence-corrected chi connectivity index (χ1v) is 9.22. The van der Waals surface area contributed by atoms with Crippen LogP contribution in [0.3, 0.4) is 0 Å². The lowest BCUT2D eigenvalue weighted by Gasteiger charge is -2.10. The lowest BCUT2D eigenvalue weighted by molar-refractivity contribution is -0.118. The number of rotatable bonds is 5. The van der Waals surface area contributed by atoms with Gasteiger partial charge in [-0.05, 0) is 46.3 Å². The molecule has 0 unspecified atom stereocenters. The van der Waals surface area contributed by atoms with Gasteiger partial charge in [0.2, 0.25) is 0 Å². The molecule has 0 atom stereocenters. The second kappa shape index (κ2) is 7.27. The summed E-state index contributed by atoms with van der Waals surface area (Å²) in [6.07, 6.45) is 1.07. The molecule has 0 bridgehead atoms. The number of amides is 1. The Balaban J connectivity index is 1.99. The van der Waals surface area contributed by atoms with Crippen LogP contribution in [0.1, 0.15) is 0 Å². The first kappa shape index (κ1) is 18.3. The Bertz CT molecular complexity index is 847. The van der Waals surface area contributed by atoms with Crippen LogP contribution in [-0.2, 0) is 14.6 Å². The maximum atomic E-state index is 13.6. The molecule has 2 aromatic rings. The number of benzene rings is 2. The molecule has 2 rings (SSSR count). The molecule has 2 aromatic carbocycles. The van der Waals surface area contributed by atoms with Gasteiger partial charge >= 0.3 is 0 Å². The first-order valence-electron chi connectivity index (χ1n) is 6.54. The number of ether oxygens (including phenoxy) is 1. The Labute approximate surface area is 145 Å². The standard InChI is InChI=1S/C15H12BrF2NO4S/c1-24(21,22)11-4-2-10(3-5-11)23-8-14(20)19-15-12(16)6-9(17)7-13(15)18/h2-7H,8H2,1H3,(H,19,20). The summed E-state index contributed by atoms with van der Waals surface area (Å²) in [4.78, 5) is 11.9. The highest BCUT2D eigenvalue weighted by Crippen LogP contribution is 2.26. The summed E-state index contributed by atoms with van der Waals surface area (Å²) < 4.78 is 54.5. The SMILES string of the molecule is CS(=O)(=O)c1ccc(OCC(=O)Nc2c(F)cc(F)cc2Br)cc1. The van der Waals surface area contributed by atoms with Crippen molar-refractivity contribution in [1.82, 2.24) is 0 Å². The fourth-order valence-electron chi connectivity index (χ4n) is 1.77. The van der Waals surface area contributed by atoms with E-state index in [9.17, 15) is 22.0 Å². The molecule has 1 amide bonds. The van der Waals surface area contributed by atoms with E-state index in [2.05, 4.69) is 21.2 Å². The predicted octanol–water partition coefficient (Wildman–Crippen LogP) is 3.15. The van der Waals surface area contributed by atoms with Crippen molar-refractivity contribution in [2.24, 2.45) is 0 Å². The van der Waals surface area contributed by atoms with Crippen molar-refractivity contribution in [3.05, 3.63) is 52.5 Å². The molecule has 24 heavy (non-hydrogen) atoms. The molecule has 0 saturated heterocycles. The van der Waals surface area contributed by atoms with Crippen LogP contribution in [0.5, 0.6) is 5.75 Å². The monoisotopic (exact) mass is 419 g/mol. The largest absolute Gasteiger partial charge is 0.484 e. The quantitative estimate of drug-likeness (QED) is 0.807. The summed E-state index contributed by atoms with van der Waals surface area (Å²) in [7, 11) is -3.32. The highest BCUT2D eigenvalue weighted by atomic mass is 79.9. The second-order valence-corrected chi connectivity index (χ2v) is 7.69. The van der Waals surface area contributed by atoms with Gasteiger partial charge in [-0.15, -0.1) is 0 Å². The molecule has 128 valence electrons. The van der Waals surface area contributed by atoms with E-state index in [0.29, 0.717) is 6.07 Å². The Morgan fingerprint density at radius 3 is 2.38 bits per heavy atom. The minimum Gasteiger partial charge on any atom is -0.484 e. The van der Waals surface area contributed by atoms with Crippen molar-refractivity contribution in [3.8, 4) is 5.75 Å². The van der Waals surface area contributed by atoms with E-state index in [1.54, 1.807) is 0 Å². The average molecular weight is 420 g/mol. The summed E-state index contributed by atoms with van der Waals surface area (Å²) in [5.74, 6) is -2.09. The Kier molecular flexibility index (Phi) is 5.55. The van der Waals surface area contributed by atoms with Crippen LogP contribution in [0, 0.1) is 11.6 Å². The number of hydrogen-bond acceptors (Lipinski definition) is 4. The van der Waals surface area contributed by atoms with Gasteiger partial charge in [0.05, 0.1) is 10.6 Å². The molecule has 0 spiro atoms. The van der Waals surface area contributed by atoms with Gasteiger partial charge in [-0.1, -0.05) is 0 Å². The fourth-order valence-corrected chi connectivity index (χ4v) is 2.91. The van der Waals surface area contributed by atoms with Gasteiger partial charge < -0.3 is 10.1 Å². The van der Waals surface area contributed by atoms with E-state index in [1.165, 1.54) is 24.3 Å². The average Bonchev–Trinajstić information content (AvgIpc) is 2.48. The summed E-state index contributed by atoms with van der Waals surface area (Å²) in [5.41, 5.74) is -0.197. The molecule has 0 heterocycles. The topological polar surface area (TPSA) is 72.5 Å². The Morgan fingerprint density at radius 1 is 1.21 bits per heavy atom. The maximum Gasteiger partial charge on any atom is 0.262 e. The fraction of sp³-hybridized carbons (Fsp3) is 0.133. The van der Waals surface area contributed by atoms with Crippen LogP contribution in [0.15, 0.2) is 45.8 Å². The van der Waals surface area contributed by atoms with Crippen molar-refractivity contribution >= 4 is 37.4 Å². The third kappa shape index (κ3) is 4.75. The number of halogens is 3. The molecule has 0 radical (unpaired) electrons. The van der Waals surface area contributed by atoms with Gasteiger partial charge in [-0.25, -0.2) is 17.2 Å². The lowest BCUT2D eigenvalue weighted by atomic mass is 10.3. The number of hydrogen-bond donors (Lipinski definition) is 1. The van der Waals surface area contributed by atoms with Crippen LogP contribution in [-0.4, -0.2) is 27.2 Å². The van der Waals surface area contributed by atoms with E-state index in [1.807, 2.05) is 0 Å². The molecule has 0 saturated carbocycles. The summed E-state index contributed by atoms with van der Waals surface area (Å²) in [6.45, 7) is -0.429. The zero-order valence-corrected chi connectivity index (χ0v) is 14.7. The maximum absolute atomic E-state index is 13.6. The van der Waals surface area contributed by atoms with Gasteiger partial charge in [-0.3, -0.25) is 4.79 Å². The van der Waals surface area contributed by atoms with Gasteiger partial charge in [0.25, 0.3) is 5.91 Å². The molecule has 0 aliphatic rings. The van der Waals surface area contributed by atoms with Crippen LogP contribution >= 0.6 is 15.9 Å². The van der Waals surface area contributed by atoms with E-state index < -0.39 is 34.0 Å². The van der Waals surface area contributed by atoms with Gasteiger partial charge in [-0.2, -0.15) is 0 Å². The molecule has 9 heteroatoms. The van der Waals surface area contributed by atoms with Crippen molar-refractivity contribution in [3.63, 3.8) is 0 Å². The summed E-state index contributed by atoms with van der Waals surface area (Å²) >= 11 is 2.96. The third-order valence-electron chi connectivity index (χ3n) is 2.89. The highest BCUT2D eigenvalue weighted by molar-refractivity contribution is 9.10. The number of carbonyl (C=O) groups excluding carboxylic acids is 1. The first-order chi connectivity index (χ1) is 11.2. The number of nitrogens with one attached hydrogen (secondary N) is 1. The van der Waals surface area contributed by atoms with Crippen LogP contribution in [0.4, 0.5) is 14.5 Å². The predicted molar refractivity (Wildman–Crippen MR) is 87.7 cm³/mol. The molecule has 1 N–H and O–H groups in total. The summed E-state index contributed by atoms with van der Waals surface area (Å²) in [5, 5.41) is 2.26. The Morgan fingerprint density at radius 2 is 1.83 bits per heavy atom. The minimum atomic E-state index is -3.32. The molecule has 0 aliphatic heterocycles. The van der Waals surface area contributed by atoms with Crippen molar-refractivity contribution in [2.45, 2.75) is 4.90 Å². The van der Waals surface area contributed by atoms with E-state index >= 15 is 0 Å². The zero-order valence-electron chi connectivity index (χ0n) is 12.3. The lowest BCUT2D eigenvalue weighted by Crippen LogP contribution is -2.21. The van der Waals surface area contributed by atoms with E-state index in [4.69, 9.17) is 4.74 Å². The number of carbonyl (C=O) groups is 1. The molecule has 5 nitrogen and oxygen atoms in total. The van der Waals surface area contributed by atoms with Crippen LogP contribution < -0.4 is 10.1 Å². The molecule has 0 aliphatic carbocycles. The number of anilines is 1. The van der Waals surface area contributed by atoms with E-state index in [0.717, 1.165) is 12.3 Å². The highest BCUT2D eigenvalue weighted by Gasteiger charge is 2.13. The van der Waals surface area contributed by atoms with Crippen LogP contribution in [0.2, 0.25) is 0 Å². The second-order valence-electron chi connectivity index (χ2n) is 4.82. The van der Waals surface area contributed by atoms with Crippen molar-refractivity contribution in [2.75, 3.05) is 18.2 Å². The molecular weight excluding hydrogens is 408 g/mol. The van der Waals surface area contributed by atoms with Crippen molar-refractivity contribution < 1.29 is 26.7 Å². The van der Waals surface area contributed by atoms with Crippen LogP contribution in [0.25, 0.3) is 0 Å². The van der Waals surface area contributed by atoms with Gasteiger partial charge in [0.15, 0.2) is 22.3 Å². The number of sulfone groups is 1. The Hall–Kier alpha value is -2.00. The van der Waals surface area contributed by atoms with Crippen molar-refractivity contribution in [1.29, 1.82) is 0 Å². The molecule has 0 aromatic heterocycles. The minimum absolute atomic E-state index is 0.0610. The third-order valence-corrected chi connectivity index (χ3v) is 4.65. The normalized spacial score (nSPS) is 11.2. The molecule has 0 fully saturated rings. The zero-order chi connectivity index (χ0) is 17.9. The van der Waals surface area contributed by atoms with Gasteiger partial charge in [0.1, 0.15) is 11.6 Å². The summed E-state index contributed by atoms with van der Waals surface area (Å²) in [6, 6.07) is 7.16. The molecular formula is C15H12BrF2NO4S.